The molecule has 5 heterocycles. The molecule has 0 saturated carbocycles. The number of aromatic nitrogens is 3. The number of aromatic amines is 1. The van der Waals surface area contributed by atoms with Gasteiger partial charge in [-0.3, -0.25) is 14.7 Å². The number of piperidine rings is 1. The van der Waals surface area contributed by atoms with Crippen LogP contribution in [0.3, 0.4) is 0 Å². The summed E-state index contributed by atoms with van der Waals surface area (Å²) in [5.41, 5.74) is 0.658. The second kappa shape index (κ2) is 10.5. The fraction of sp³-hybridized carbons (Fsp3) is 0.600. The quantitative estimate of drug-likeness (QED) is 0.494. The van der Waals surface area contributed by atoms with E-state index >= 15 is 0 Å². The van der Waals surface area contributed by atoms with Gasteiger partial charge in [-0.2, -0.15) is 5.10 Å². The van der Waals surface area contributed by atoms with Crippen molar-refractivity contribution in [1.82, 2.24) is 25.4 Å². The van der Waals surface area contributed by atoms with E-state index in [1.807, 2.05) is 0 Å². The van der Waals surface area contributed by atoms with E-state index in [2.05, 4.69) is 20.5 Å². The molecule has 3 saturated heterocycles. The molecule has 2 amide bonds. The second-order valence-electron chi connectivity index (χ2n) is 10.2. The molecule has 0 aromatic carbocycles. The van der Waals surface area contributed by atoms with E-state index in [0.29, 0.717) is 25.0 Å². The Bertz CT molecular complexity index is 1170. The molecule has 2 bridgehead atoms. The third-order valence-electron chi connectivity index (χ3n) is 7.77. The van der Waals surface area contributed by atoms with Crippen molar-refractivity contribution in [2.45, 2.75) is 68.7 Å². The van der Waals surface area contributed by atoms with Crippen molar-refractivity contribution in [3.63, 3.8) is 0 Å². The summed E-state index contributed by atoms with van der Waals surface area (Å²) >= 11 is 0. The highest BCUT2D eigenvalue weighted by Gasteiger charge is 2.47. The largest absolute Gasteiger partial charge is 0.481 e. The minimum Gasteiger partial charge on any atom is -0.481 e. The summed E-state index contributed by atoms with van der Waals surface area (Å²) in [5, 5.41) is 18.6. The first-order valence-corrected chi connectivity index (χ1v) is 12.7. The molecule has 3 N–H and O–H groups in total. The number of hydrogen-bond acceptors (Lipinski definition) is 7. The van der Waals surface area contributed by atoms with Gasteiger partial charge in [-0.05, 0) is 44.6 Å². The maximum absolute atomic E-state index is 14.3. The van der Waals surface area contributed by atoms with E-state index in [-0.39, 0.29) is 66.0 Å². The van der Waals surface area contributed by atoms with E-state index in [9.17, 15) is 22.8 Å². The van der Waals surface area contributed by atoms with Crippen LogP contribution in [-0.4, -0.2) is 87.5 Å². The molecule has 2 unspecified atom stereocenters. The summed E-state index contributed by atoms with van der Waals surface area (Å²) < 4.78 is 51.9. The maximum atomic E-state index is 14.3. The lowest BCUT2D eigenvalue weighted by Gasteiger charge is -2.39. The molecule has 38 heavy (non-hydrogen) atoms. The Labute approximate surface area is 216 Å². The maximum Gasteiger partial charge on any atom is 0.296 e. The van der Waals surface area contributed by atoms with Gasteiger partial charge in [0.05, 0.1) is 31.6 Å². The highest BCUT2D eigenvalue weighted by Crippen LogP contribution is 2.40. The number of fused-ring (bicyclic) bond motifs is 2. The van der Waals surface area contributed by atoms with Crippen LogP contribution in [0.25, 0.3) is 11.3 Å². The van der Waals surface area contributed by atoms with E-state index in [1.54, 1.807) is 4.90 Å². The van der Waals surface area contributed by atoms with Gasteiger partial charge in [0.15, 0.2) is 11.5 Å². The Hall–Kier alpha value is -3.19. The Morgan fingerprint density at radius 1 is 1.24 bits per heavy atom. The third kappa shape index (κ3) is 5.08. The Morgan fingerprint density at radius 3 is 2.61 bits per heavy atom. The van der Waals surface area contributed by atoms with Crippen LogP contribution in [0.1, 0.15) is 49.0 Å². The molecule has 3 aliphatic rings. The van der Waals surface area contributed by atoms with Crippen LogP contribution in [0.2, 0.25) is 0 Å². The number of methoxy groups -OCH3 is 1. The molecule has 2 aromatic heterocycles. The van der Waals surface area contributed by atoms with Crippen LogP contribution >= 0.6 is 0 Å². The molecule has 13 heteroatoms. The average molecular weight is 538 g/mol. The number of ether oxygens (including phenoxy) is 2. The zero-order chi connectivity index (χ0) is 27.0. The number of aliphatic hydroxyl groups is 1. The minimum atomic E-state index is -3.30. The number of hydrogen-bond donors (Lipinski definition) is 3. The highest BCUT2D eigenvalue weighted by atomic mass is 19.3. The molecule has 2 aromatic rings. The Kier molecular flexibility index (Phi) is 7.32. The number of halogens is 3. The third-order valence-corrected chi connectivity index (χ3v) is 7.77. The van der Waals surface area contributed by atoms with Gasteiger partial charge in [-0.15, -0.1) is 0 Å². The molecular formula is C25H30F3N5O5. The van der Waals surface area contributed by atoms with Gasteiger partial charge in [0, 0.05) is 29.6 Å². The van der Waals surface area contributed by atoms with Crippen molar-refractivity contribution < 1.29 is 37.3 Å². The lowest BCUT2D eigenvalue weighted by Crippen LogP contribution is -2.53. The monoisotopic (exact) mass is 537 g/mol. The zero-order valence-corrected chi connectivity index (χ0v) is 20.8. The summed E-state index contributed by atoms with van der Waals surface area (Å²) in [4.78, 5) is 31.9. The van der Waals surface area contributed by atoms with Crippen molar-refractivity contribution in [1.29, 1.82) is 0 Å². The average Bonchev–Trinajstić information content (AvgIpc) is 3.51. The molecule has 3 aliphatic heterocycles. The molecule has 3 fully saturated rings. The molecule has 5 atom stereocenters. The first-order valence-electron chi connectivity index (χ1n) is 12.7. The second-order valence-corrected chi connectivity index (χ2v) is 10.2. The summed E-state index contributed by atoms with van der Waals surface area (Å²) in [7, 11) is 1.42. The van der Waals surface area contributed by atoms with Gasteiger partial charge in [-0.1, -0.05) is 0 Å². The molecule has 0 radical (unpaired) electrons. The van der Waals surface area contributed by atoms with Gasteiger partial charge in [-0.25, -0.2) is 18.2 Å². The smallest absolute Gasteiger partial charge is 0.296 e. The van der Waals surface area contributed by atoms with E-state index in [1.165, 1.54) is 19.2 Å². The molecule has 5 rings (SSSR count). The van der Waals surface area contributed by atoms with E-state index in [0.717, 1.165) is 19.0 Å². The Morgan fingerprint density at radius 2 is 1.97 bits per heavy atom. The van der Waals surface area contributed by atoms with Gasteiger partial charge in [0.2, 0.25) is 11.8 Å². The summed E-state index contributed by atoms with van der Waals surface area (Å²) in [6.45, 7) is -1.31. The van der Waals surface area contributed by atoms with Crippen molar-refractivity contribution in [3.05, 3.63) is 29.8 Å². The molecular weight excluding hydrogens is 507 g/mol. The lowest BCUT2D eigenvalue weighted by molar-refractivity contribution is -0.177. The zero-order valence-electron chi connectivity index (χ0n) is 20.8. The van der Waals surface area contributed by atoms with Crippen LogP contribution in [0.5, 0.6) is 5.88 Å². The minimum absolute atomic E-state index is 0.0401. The standard InChI is InChI=1S/C25H30F3N5O5/c1-37-22-8-17(18(26)10-29-22)19-9-20(32-31-19)24(36)33-15-3-4-16(33)7-13(6-15)23(35)30-14-2-5-21(38-11-14)25(27,28)12-34/h8-10,13-16,21,34H,2-7,11-12H2,1H3,(H,30,35)(H,31,32)/t13-,14?,15-,16+,21?. The number of alkyl halides is 2. The van der Waals surface area contributed by atoms with Crippen molar-refractivity contribution in [3.8, 4) is 17.1 Å². The number of rotatable bonds is 7. The fourth-order valence-corrected chi connectivity index (χ4v) is 5.78. The molecule has 0 spiro atoms. The van der Waals surface area contributed by atoms with Crippen LogP contribution < -0.4 is 10.1 Å². The first kappa shape index (κ1) is 26.4. The number of carbonyl (C=O) groups excluding carboxylic acids is 2. The first-order chi connectivity index (χ1) is 18.2. The SMILES string of the molecule is COc1cc(-c2cc(C(=O)N3[C@@H]4CC[C@H]3C[C@H](C(=O)NC3CCC(C(F)(F)CO)OC3)C4)n[nH]2)c(F)cn1. The molecule has 206 valence electrons. The summed E-state index contributed by atoms with van der Waals surface area (Å²) in [6, 6.07) is 2.27. The highest BCUT2D eigenvalue weighted by molar-refractivity contribution is 5.94. The van der Waals surface area contributed by atoms with Crippen LogP contribution in [0.4, 0.5) is 13.2 Å². The normalized spacial score (nSPS) is 27.3. The van der Waals surface area contributed by atoms with Crippen molar-refractivity contribution >= 4 is 11.8 Å². The summed E-state index contributed by atoms with van der Waals surface area (Å²) in [5.74, 6) is -4.41. The predicted molar refractivity (Wildman–Crippen MR) is 127 cm³/mol. The predicted octanol–water partition coefficient (Wildman–Crippen LogP) is 2.29. The van der Waals surface area contributed by atoms with E-state index < -0.39 is 24.5 Å². The van der Waals surface area contributed by atoms with Crippen molar-refractivity contribution in [2.24, 2.45) is 5.92 Å². The topological polar surface area (TPSA) is 130 Å². The number of H-pyrrole nitrogens is 1. The number of carbonyl (C=O) groups is 2. The van der Waals surface area contributed by atoms with Gasteiger partial charge in [0.25, 0.3) is 11.8 Å². The van der Waals surface area contributed by atoms with Gasteiger partial charge < -0.3 is 24.8 Å². The van der Waals surface area contributed by atoms with Crippen LogP contribution in [0.15, 0.2) is 18.3 Å². The number of amides is 2. The summed E-state index contributed by atoms with van der Waals surface area (Å²) in [6.07, 6.45) is 2.55. The van der Waals surface area contributed by atoms with Gasteiger partial charge >= 0.3 is 0 Å². The lowest BCUT2D eigenvalue weighted by atomic mass is 9.89. The number of nitrogens with zero attached hydrogens (tertiary/aromatic N) is 3. The molecule has 0 aliphatic carbocycles. The Balaban J connectivity index is 1.19. The van der Waals surface area contributed by atoms with Crippen molar-refractivity contribution in [2.75, 3.05) is 20.3 Å². The van der Waals surface area contributed by atoms with Gasteiger partial charge in [0.1, 0.15) is 12.7 Å². The van der Waals surface area contributed by atoms with E-state index in [4.69, 9.17) is 14.6 Å². The van der Waals surface area contributed by atoms with Crippen LogP contribution in [0, 0.1) is 11.7 Å². The number of aliphatic hydroxyl groups excluding tert-OH is 1. The number of nitrogens with one attached hydrogen (secondary N) is 2. The molecule has 10 nitrogen and oxygen atoms in total. The number of pyridine rings is 1. The van der Waals surface area contributed by atoms with Crippen LogP contribution in [-0.2, 0) is 9.53 Å². The fourth-order valence-electron chi connectivity index (χ4n) is 5.78.